The first-order valence-electron chi connectivity index (χ1n) is 9.32. The summed E-state index contributed by atoms with van der Waals surface area (Å²) in [6.07, 6.45) is 0. The van der Waals surface area contributed by atoms with E-state index >= 15 is 0 Å². The van der Waals surface area contributed by atoms with Crippen LogP contribution >= 0.6 is 0 Å². The molecule has 132 valence electrons. The second kappa shape index (κ2) is 8.59. The molecule has 0 amide bonds. The molecule has 0 aromatic heterocycles. The third-order valence-corrected chi connectivity index (χ3v) is 5.09. The zero-order valence-corrected chi connectivity index (χ0v) is 18.1. The minimum absolute atomic E-state index is 1.30. The van der Waals surface area contributed by atoms with Gasteiger partial charge < -0.3 is 0 Å². The van der Waals surface area contributed by atoms with Gasteiger partial charge in [0.05, 0.1) is 0 Å². The molecule has 0 saturated carbocycles. The van der Waals surface area contributed by atoms with Gasteiger partial charge in [-0.2, -0.15) is 24.3 Å². The first-order chi connectivity index (χ1) is 13.9. The second-order valence-corrected chi connectivity index (χ2v) is 6.63. The molecule has 0 atom stereocenters. The molecule has 28 heavy (non-hydrogen) atoms. The fourth-order valence-electron chi connectivity index (χ4n) is 3.78. The van der Waals surface area contributed by atoms with Gasteiger partial charge in [0, 0.05) is 0 Å². The molecule has 0 radical (unpaired) electrons. The van der Waals surface area contributed by atoms with Gasteiger partial charge in [-0.25, -0.2) is 0 Å². The van der Waals surface area contributed by atoms with Gasteiger partial charge in [-0.05, 0) is 0 Å². The summed E-state index contributed by atoms with van der Waals surface area (Å²) in [6.45, 7) is 0. The zero-order valence-electron chi connectivity index (χ0n) is 15.6. The molecule has 0 N–H and O–H groups in total. The summed E-state index contributed by atoms with van der Waals surface area (Å²) in [5, 5.41) is 10.7. The molecule has 0 saturated heterocycles. The fourth-order valence-corrected chi connectivity index (χ4v) is 3.78. The molecule has 0 aliphatic heterocycles. The van der Waals surface area contributed by atoms with Crippen molar-refractivity contribution in [1.82, 2.24) is 0 Å². The van der Waals surface area contributed by atoms with Crippen LogP contribution in [0.3, 0.4) is 0 Å². The van der Waals surface area contributed by atoms with Gasteiger partial charge in [0.1, 0.15) is 0 Å². The third kappa shape index (κ3) is 3.55. The van der Waals surface area contributed by atoms with Gasteiger partial charge in [-0.15, -0.1) is 45.8 Å². The summed E-state index contributed by atoms with van der Waals surface area (Å²) in [5.74, 6) is 0. The van der Waals surface area contributed by atoms with E-state index in [1.54, 1.807) is 0 Å². The first kappa shape index (κ1) is 18.7. The summed E-state index contributed by atoms with van der Waals surface area (Å²) in [4.78, 5) is 0. The van der Waals surface area contributed by atoms with Crippen LogP contribution in [0.25, 0.3) is 43.1 Å². The van der Waals surface area contributed by atoms with Crippen LogP contribution in [0.2, 0.25) is 0 Å². The van der Waals surface area contributed by atoms with Gasteiger partial charge in [0.15, 0.2) is 0 Å². The van der Waals surface area contributed by atoms with Crippen LogP contribution in [0.15, 0.2) is 109 Å². The Balaban J connectivity index is 0.000000126. The number of rotatable bonds is 0. The molecule has 0 unspecified atom stereocenters. The number of hydrogen-bond acceptors (Lipinski definition) is 0. The zero-order chi connectivity index (χ0) is 19.3. The Morgan fingerprint density at radius 2 is 0.857 bits per heavy atom. The molecule has 6 aromatic carbocycles. The monoisotopic (exact) mass is 434 g/mol. The van der Waals surface area contributed by atoms with E-state index < -0.39 is 0 Å². The van der Waals surface area contributed by atoms with E-state index in [0.717, 1.165) is 0 Å². The molecule has 0 heterocycles. The maximum absolute atomic E-state index is 3.34. The molecule has 0 aliphatic rings. The summed E-state index contributed by atoms with van der Waals surface area (Å²) < 4.78 is 3.34. The summed E-state index contributed by atoms with van der Waals surface area (Å²) in [6, 6.07) is 38.6. The van der Waals surface area contributed by atoms with E-state index in [-0.39, 0.29) is 0 Å². The second-order valence-electron chi connectivity index (χ2n) is 6.63. The molecule has 6 rings (SSSR count). The topological polar surface area (TPSA) is 0 Å². The minimum atomic E-state index is 1.30. The van der Waals surface area contributed by atoms with Gasteiger partial charge >= 0.3 is 28.4 Å². The summed E-state index contributed by atoms with van der Waals surface area (Å²) in [5.41, 5.74) is 0. The third-order valence-electron chi connectivity index (χ3n) is 5.09. The van der Waals surface area contributed by atoms with E-state index in [1.807, 2.05) is 0 Å². The van der Waals surface area contributed by atoms with E-state index in [0.29, 0.717) is 0 Å². The van der Waals surface area contributed by atoms with Crippen molar-refractivity contribution in [2.24, 2.45) is 0 Å². The Morgan fingerprint density at radius 1 is 0.464 bits per heavy atom. The summed E-state index contributed by atoms with van der Waals surface area (Å²) in [7, 11) is 0. The van der Waals surface area contributed by atoms with Crippen LogP contribution in [0, 0.1) is 0 Å². The maximum Gasteiger partial charge on any atom is -0.0606 e. The minimum Gasteiger partial charge on any atom is -0.168 e. The van der Waals surface area contributed by atoms with E-state index in [1.165, 1.54) is 67.3 Å². The van der Waals surface area contributed by atoms with Crippen molar-refractivity contribution in [2.75, 3.05) is 0 Å². The standard InChI is InChI=1S/2C13H9.CH2.Zr/c2*1-2-6-12-10(4-1)8-9-11-5-3-7-13(11)12;;/h2*1-9H;1H2;/q2*-1;;+2. The van der Waals surface area contributed by atoms with Crippen LogP contribution < -0.4 is 0 Å². The van der Waals surface area contributed by atoms with Crippen molar-refractivity contribution in [3.8, 4) is 0 Å². The molecule has 6 aromatic rings. The normalized spacial score (nSPS) is 10.5. The Morgan fingerprint density at radius 3 is 1.32 bits per heavy atom. The quantitative estimate of drug-likeness (QED) is 0.218. The maximum atomic E-state index is 3.34. The van der Waals surface area contributed by atoms with E-state index in [9.17, 15) is 0 Å². The fraction of sp³-hybridized carbons (Fsp3) is 0. The van der Waals surface area contributed by atoms with Crippen LogP contribution in [-0.2, 0) is 24.2 Å². The number of benzene rings is 4. The van der Waals surface area contributed by atoms with Crippen LogP contribution in [0.1, 0.15) is 0 Å². The molecule has 0 spiro atoms. The van der Waals surface area contributed by atoms with Gasteiger partial charge in [-0.3, -0.25) is 0 Å². The Kier molecular flexibility index (Phi) is 5.74. The smallest absolute Gasteiger partial charge is 0.0606 e. The molecule has 1 heteroatoms. The van der Waals surface area contributed by atoms with Gasteiger partial charge in [0.25, 0.3) is 0 Å². The average molecular weight is 436 g/mol. The molecular formula is C27H20Zr. The Bertz CT molecular complexity index is 1240. The number of hydrogen-bond donors (Lipinski definition) is 0. The Labute approximate surface area is 180 Å². The predicted octanol–water partition coefficient (Wildman–Crippen LogP) is 7.39. The van der Waals surface area contributed by atoms with Gasteiger partial charge in [-0.1, -0.05) is 82.2 Å². The van der Waals surface area contributed by atoms with Crippen LogP contribution in [0.5, 0.6) is 0 Å². The molecule has 0 nitrogen and oxygen atoms in total. The van der Waals surface area contributed by atoms with Crippen LogP contribution in [-0.4, -0.2) is 4.21 Å². The predicted molar refractivity (Wildman–Crippen MR) is 121 cm³/mol. The van der Waals surface area contributed by atoms with Crippen LogP contribution in [0.4, 0.5) is 0 Å². The van der Waals surface area contributed by atoms with Crippen molar-refractivity contribution >= 4 is 47.3 Å². The average Bonchev–Trinajstić information content (AvgIpc) is 3.45. The van der Waals surface area contributed by atoms with E-state index in [4.69, 9.17) is 0 Å². The van der Waals surface area contributed by atoms with Crippen molar-refractivity contribution in [3.63, 3.8) is 0 Å². The molecule has 0 fully saturated rings. The van der Waals surface area contributed by atoms with Crippen molar-refractivity contribution in [3.05, 3.63) is 109 Å². The van der Waals surface area contributed by atoms with Crippen molar-refractivity contribution < 1.29 is 24.2 Å². The van der Waals surface area contributed by atoms with Crippen molar-refractivity contribution in [1.29, 1.82) is 0 Å². The molecular weight excluding hydrogens is 416 g/mol. The largest absolute Gasteiger partial charge is 0.168 e. The van der Waals surface area contributed by atoms with E-state index in [2.05, 4.69) is 113 Å². The number of fused-ring (bicyclic) bond motifs is 6. The molecule has 0 bridgehead atoms. The Hall–Kier alpha value is -2.63. The summed E-state index contributed by atoms with van der Waals surface area (Å²) >= 11 is 1.30. The first-order valence-corrected chi connectivity index (χ1v) is 11.1. The molecule has 0 aliphatic carbocycles. The SMILES string of the molecule is [CH2]=[Zr+2].c1ccc2c(c1)ccc1cc[cH-]c12.c1ccc2c(c1)ccc1cc[cH-]c12. The van der Waals surface area contributed by atoms with Gasteiger partial charge in [0.2, 0.25) is 0 Å². The van der Waals surface area contributed by atoms with Crippen molar-refractivity contribution in [2.45, 2.75) is 0 Å².